The monoisotopic (exact) mass is 382 g/mol. The van der Waals surface area contributed by atoms with Gasteiger partial charge in [0.1, 0.15) is 6.04 Å². The Balaban J connectivity index is 1.72. The summed E-state index contributed by atoms with van der Waals surface area (Å²) in [6.07, 6.45) is 9.41. The van der Waals surface area contributed by atoms with E-state index in [-0.39, 0.29) is 11.4 Å². The van der Waals surface area contributed by atoms with Crippen LogP contribution in [0.4, 0.5) is 0 Å². The van der Waals surface area contributed by atoms with Crippen molar-refractivity contribution in [2.24, 2.45) is 0 Å². The van der Waals surface area contributed by atoms with Gasteiger partial charge in [0, 0.05) is 13.0 Å². The second-order valence-corrected chi connectivity index (χ2v) is 8.07. The number of tetrazole rings is 1. The number of nitrogens with one attached hydrogen (secondary N) is 2. The third-order valence-corrected chi connectivity index (χ3v) is 6.11. The smallest absolute Gasteiger partial charge is 0.245 e. The number of nitrogens with zero attached hydrogens (tertiary/aromatic N) is 4. The minimum Gasteiger partial charge on any atom is -0.354 e. The van der Waals surface area contributed by atoms with Gasteiger partial charge in [0.05, 0.1) is 5.54 Å². The molecule has 4 rings (SSSR count). The lowest BCUT2D eigenvalue weighted by Crippen LogP contribution is -2.48. The van der Waals surface area contributed by atoms with Gasteiger partial charge < -0.3 is 10.6 Å². The first-order chi connectivity index (χ1) is 13.8. The standard InChI is InChI=1S/C21H30N6O/c28-19-18(16-17-10-4-1-5-11-17)27-20(24-25-26-27)21(12-6-2-7-13-21)23-15-9-3-8-14-22-19/h1,4-5,10-11,18,23H,2-3,6-9,12-16H2,(H,22,28). The van der Waals surface area contributed by atoms with Gasteiger partial charge in [-0.15, -0.1) is 5.10 Å². The van der Waals surface area contributed by atoms with E-state index in [1.807, 2.05) is 18.2 Å². The van der Waals surface area contributed by atoms with Crippen LogP contribution in [0.1, 0.15) is 68.8 Å². The average molecular weight is 383 g/mol. The molecule has 1 atom stereocenters. The van der Waals surface area contributed by atoms with E-state index in [1.54, 1.807) is 4.68 Å². The molecule has 1 unspecified atom stereocenters. The van der Waals surface area contributed by atoms with Gasteiger partial charge in [-0.1, -0.05) is 56.0 Å². The molecule has 0 saturated heterocycles. The summed E-state index contributed by atoms with van der Waals surface area (Å²) in [5, 5.41) is 19.7. The average Bonchev–Trinajstić information content (AvgIpc) is 3.22. The summed E-state index contributed by atoms with van der Waals surface area (Å²) in [4.78, 5) is 13.1. The van der Waals surface area contributed by atoms with Crippen LogP contribution in [-0.2, 0) is 16.8 Å². The van der Waals surface area contributed by atoms with Crippen LogP contribution in [0.3, 0.4) is 0 Å². The van der Waals surface area contributed by atoms with Gasteiger partial charge in [-0.2, -0.15) is 0 Å². The fourth-order valence-electron chi connectivity index (χ4n) is 4.56. The van der Waals surface area contributed by atoms with Crippen molar-refractivity contribution in [3.05, 3.63) is 41.7 Å². The van der Waals surface area contributed by atoms with Crippen LogP contribution in [-0.4, -0.2) is 39.2 Å². The third kappa shape index (κ3) is 4.09. The molecule has 2 N–H and O–H groups in total. The zero-order valence-corrected chi connectivity index (χ0v) is 16.4. The third-order valence-electron chi connectivity index (χ3n) is 6.11. The van der Waals surface area contributed by atoms with Crippen LogP contribution in [0, 0.1) is 0 Å². The largest absolute Gasteiger partial charge is 0.354 e. The SMILES string of the molecule is O=C1NCCCCCNC2(CCCCC2)c2nnnn2C1Cc1ccccc1. The molecular weight excluding hydrogens is 352 g/mol. The Kier molecular flexibility index (Phi) is 6.00. The number of benzene rings is 1. The highest BCUT2D eigenvalue weighted by molar-refractivity contribution is 5.80. The Hall–Kier alpha value is -2.28. The van der Waals surface area contributed by atoms with Crippen molar-refractivity contribution in [2.45, 2.75) is 69.4 Å². The van der Waals surface area contributed by atoms with Crippen LogP contribution in [0.15, 0.2) is 30.3 Å². The van der Waals surface area contributed by atoms with Crippen molar-refractivity contribution >= 4 is 5.91 Å². The summed E-state index contributed by atoms with van der Waals surface area (Å²) in [6.45, 7) is 1.66. The molecule has 1 aromatic carbocycles. The molecule has 1 saturated carbocycles. The minimum absolute atomic E-state index is 0.00364. The normalized spacial score (nSPS) is 23.3. The van der Waals surface area contributed by atoms with E-state index in [2.05, 4.69) is 38.3 Å². The summed E-state index contributed by atoms with van der Waals surface area (Å²) in [6, 6.07) is 9.69. The molecule has 2 aliphatic rings. The molecule has 1 aliphatic carbocycles. The maximum absolute atomic E-state index is 13.1. The number of rotatable bonds is 2. The Morgan fingerprint density at radius 2 is 1.75 bits per heavy atom. The summed E-state index contributed by atoms with van der Waals surface area (Å²) in [5.74, 6) is 0.827. The predicted octanol–water partition coefficient (Wildman–Crippen LogP) is 2.51. The van der Waals surface area contributed by atoms with Crippen molar-refractivity contribution in [2.75, 3.05) is 13.1 Å². The molecule has 7 heteroatoms. The van der Waals surface area contributed by atoms with Crippen LogP contribution >= 0.6 is 0 Å². The van der Waals surface area contributed by atoms with Crippen molar-refractivity contribution in [3.63, 3.8) is 0 Å². The van der Waals surface area contributed by atoms with Gasteiger partial charge in [0.25, 0.3) is 0 Å². The van der Waals surface area contributed by atoms with Crippen molar-refractivity contribution in [3.8, 4) is 0 Å². The summed E-state index contributed by atoms with van der Waals surface area (Å²) in [5.41, 5.74) is 0.887. The molecule has 1 fully saturated rings. The molecule has 1 aliphatic heterocycles. The fraction of sp³-hybridized carbons (Fsp3) is 0.619. The van der Waals surface area contributed by atoms with E-state index in [0.717, 1.165) is 62.9 Å². The fourth-order valence-corrected chi connectivity index (χ4v) is 4.56. The number of amides is 1. The molecule has 2 heterocycles. The van der Waals surface area contributed by atoms with Crippen molar-refractivity contribution in [1.82, 2.24) is 30.8 Å². The van der Waals surface area contributed by atoms with Gasteiger partial charge in [0.15, 0.2) is 5.82 Å². The zero-order valence-electron chi connectivity index (χ0n) is 16.4. The van der Waals surface area contributed by atoms with Gasteiger partial charge in [-0.05, 0) is 48.2 Å². The quantitative estimate of drug-likeness (QED) is 0.834. The Bertz CT molecular complexity index is 768. The first kappa shape index (κ1) is 19.1. The molecular formula is C21H30N6O. The molecule has 7 nitrogen and oxygen atoms in total. The molecule has 1 aromatic heterocycles. The van der Waals surface area contributed by atoms with E-state index in [0.29, 0.717) is 13.0 Å². The summed E-state index contributed by atoms with van der Waals surface area (Å²) >= 11 is 0. The molecule has 1 amide bonds. The Morgan fingerprint density at radius 3 is 2.57 bits per heavy atom. The highest BCUT2D eigenvalue weighted by Gasteiger charge is 2.40. The van der Waals surface area contributed by atoms with Crippen LogP contribution in [0.5, 0.6) is 0 Å². The lowest BCUT2D eigenvalue weighted by molar-refractivity contribution is -0.124. The highest BCUT2D eigenvalue weighted by Crippen LogP contribution is 2.37. The molecule has 2 aromatic rings. The maximum Gasteiger partial charge on any atom is 0.245 e. The first-order valence-electron chi connectivity index (χ1n) is 10.6. The van der Waals surface area contributed by atoms with E-state index in [9.17, 15) is 4.79 Å². The Morgan fingerprint density at radius 1 is 1.00 bits per heavy atom. The van der Waals surface area contributed by atoms with E-state index < -0.39 is 6.04 Å². The number of carbonyl (C=O) groups is 1. The van der Waals surface area contributed by atoms with Crippen molar-refractivity contribution in [1.29, 1.82) is 0 Å². The minimum atomic E-state index is -0.438. The van der Waals surface area contributed by atoms with Crippen LogP contribution < -0.4 is 10.6 Å². The highest BCUT2D eigenvalue weighted by atomic mass is 16.2. The summed E-state index contributed by atoms with van der Waals surface area (Å²) < 4.78 is 1.79. The second-order valence-electron chi connectivity index (χ2n) is 8.07. The van der Waals surface area contributed by atoms with Gasteiger partial charge in [-0.25, -0.2) is 4.68 Å². The van der Waals surface area contributed by atoms with E-state index in [1.165, 1.54) is 6.42 Å². The van der Waals surface area contributed by atoms with Gasteiger partial charge in [-0.3, -0.25) is 4.79 Å². The lowest BCUT2D eigenvalue weighted by atomic mass is 9.80. The van der Waals surface area contributed by atoms with E-state index >= 15 is 0 Å². The molecule has 1 spiro atoms. The molecule has 0 bridgehead atoms. The van der Waals surface area contributed by atoms with Gasteiger partial charge in [0.2, 0.25) is 5.91 Å². The second kappa shape index (κ2) is 8.82. The molecule has 150 valence electrons. The van der Waals surface area contributed by atoms with Crippen LogP contribution in [0.2, 0.25) is 0 Å². The maximum atomic E-state index is 13.1. The first-order valence-corrected chi connectivity index (χ1v) is 10.6. The van der Waals surface area contributed by atoms with E-state index in [4.69, 9.17) is 0 Å². The van der Waals surface area contributed by atoms with Gasteiger partial charge >= 0.3 is 0 Å². The number of aromatic nitrogens is 4. The van der Waals surface area contributed by atoms with Crippen molar-refractivity contribution < 1.29 is 4.79 Å². The lowest BCUT2D eigenvalue weighted by Gasteiger charge is -2.38. The Labute approximate surface area is 166 Å². The summed E-state index contributed by atoms with van der Waals surface area (Å²) in [7, 11) is 0. The number of carbonyl (C=O) groups excluding carboxylic acids is 1. The van der Waals surface area contributed by atoms with Crippen LogP contribution in [0.25, 0.3) is 0 Å². The number of fused-ring (bicyclic) bond motifs is 2. The topological polar surface area (TPSA) is 84.7 Å². The predicted molar refractivity (Wildman–Crippen MR) is 107 cm³/mol. The number of hydrogen-bond donors (Lipinski definition) is 2. The molecule has 0 radical (unpaired) electrons. The molecule has 28 heavy (non-hydrogen) atoms. The number of hydrogen-bond acceptors (Lipinski definition) is 5. The zero-order chi connectivity index (χ0) is 19.2.